The molecular formula is C16H18Cl2N4O. The van der Waals surface area contributed by atoms with Gasteiger partial charge in [-0.1, -0.05) is 42.6 Å². The average molecular weight is 353 g/mol. The number of nitrogens with one attached hydrogen (secondary N) is 2. The molecule has 1 aromatic carbocycles. The van der Waals surface area contributed by atoms with Crippen LogP contribution in [0.25, 0.3) is 0 Å². The summed E-state index contributed by atoms with van der Waals surface area (Å²) in [6.45, 7) is 4.42. The monoisotopic (exact) mass is 352 g/mol. The summed E-state index contributed by atoms with van der Waals surface area (Å²) in [7, 11) is 0. The van der Waals surface area contributed by atoms with Crippen molar-refractivity contribution in [1.29, 1.82) is 0 Å². The number of rotatable bonds is 6. The van der Waals surface area contributed by atoms with Crippen LogP contribution in [0.5, 0.6) is 0 Å². The fourth-order valence-electron chi connectivity index (χ4n) is 1.96. The number of halogens is 2. The second-order valence-electron chi connectivity index (χ2n) is 5.02. The van der Waals surface area contributed by atoms with Gasteiger partial charge in [-0.25, -0.2) is 9.97 Å². The molecule has 2 aromatic rings. The third kappa shape index (κ3) is 4.81. The van der Waals surface area contributed by atoms with Crippen LogP contribution in [0.1, 0.15) is 36.1 Å². The molecule has 1 amide bonds. The van der Waals surface area contributed by atoms with Crippen LogP contribution < -0.4 is 10.6 Å². The van der Waals surface area contributed by atoms with Crippen molar-refractivity contribution in [1.82, 2.24) is 15.3 Å². The Hall–Kier alpha value is -1.85. The Morgan fingerprint density at radius 3 is 2.78 bits per heavy atom. The lowest BCUT2D eigenvalue weighted by atomic mass is 10.3. The molecule has 0 bridgehead atoms. The van der Waals surface area contributed by atoms with E-state index in [0.717, 1.165) is 12.8 Å². The van der Waals surface area contributed by atoms with E-state index in [4.69, 9.17) is 23.2 Å². The molecule has 0 saturated heterocycles. The van der Waals surface area contributed by atoms with Gasteiger partial charge in [-0.3, -0.25) is 4.79 Å². The number of hydrogen-bond acceptors (Lipinski definition) is 4. The van der Waals surface area contributed by atoms with Crippen LogP contribution in [0.4, 0.5) is 11.5 Å². The largest absolute Gasteiger partial charge is 0.351 e. The topological polar surface area (TPSA) is 66.9 Å². The van der Waals surface area contributed by atoms with E-state index in [1.165, 1.54) is 0 Å². The molecular weight excluding hydrogens is 335 g/mol. The Bertz CT molecular complexity index is 706. The number of unbranched alkanes of at least 4 members (excludes halogenated alkanes) is 1. The molecule has 5 nitrogen and oxygen atoms in total. The highest BCUT2D eigenvalue weighted by Gasteiger charge is 2.11. The first-order chi connectivity index (χ1) is 11.0. The first-order valence-corrected chi connectivity index (χ1v) is 8.11. The lowest BCUT2D eigenvalue weighted by molar-refractivity contribution is 0.0948. The molecule has 0 aliphatic rings. The molecule has 122 valence electrons. The molecule has 1 aromatic heterocycles. The van der Waals surface area contributed by atoms with Crippen molar-refractivity contribution in [3.63, 3.8) is 0 Å². The molecule has 0 spiro atoms. The number of aryl methyl sites for hydroxylation is 1. The zero-order valence-electron chi connectivity index (χ0n) is 13.0. The van der Waals surface area contributed by atoms with Gasteiger partial charge in [0.2, 0.25) is 0 Å². The van der Waals surface area contributed by atoms with Gasteiger partial charge in [0.25, 0.3) is 5.91 Å². The number of amides is 1. The van der Waals surface area contributed by atoms with Crippen LogP contribution in [0, 0.1) is 6.92 Å². The first kappa shape index (κ1) is 17.5. The number of carbonyl (C=O) groups excluding carboxylic acids is 1. The summed E-state index contributed by atoms with van der Waals surface area (Å²) in [6, 6.07) is 6.86. The van der Waals surface area contributed by atoms with Crippen molar-refractivity contribution < 1.29 is 4.79 Å². The van der Waals surface area contributed by atoms with Gasteiger partial charge >= 0.3 is 0 Å². The number of nitrogens with zero attached hydrogens (tertiary/aromatic N) is 2. The molecule has 2 N–H and O–H groups in total. The smallest absolute Gasteiger partial charge is 0.270 e. The van der Waals surface area contributed by atoms with Gasteiger partial charge in [0.15, 0.2) is 0 Å². The summed E-state index contributed by atoms with van der Waals surface area (Å²) in [5.41, 5.74) is 0.934. The van der Waals surface area contributed by atoms with E-state index in [0.29, 0.717) is 39.6 Å². The van der Waals surface area contributed by atoms with E-state index in [-0.39, 0.29) is 5.91 Å². The summed E-state index contributed by atoms with van der Waals surface area (Å²) >= 11 is 12.1. The van der Waals surface area contributed by atoms with Crippen LogP contribution in [-0.4, -0.2) is 22.4 Å². The predicted molar refractivity (Wildman–Crippen MR) is 93.8 cm³/mol. The zero-order chi connectivity index (χ0) is 16.8. The summed E-state index contributed by atoms with van der Waals surface area (Å²) < 4.78 is 0. The molecule has 0 atom stereocenters. The molecule has 1 heterocycles. The van der Waals surface area contributed by atoms with Gasteiger partial charge in [0.05, 0.1) is 15.7 Å². The molecule has 7 heteroatoms. The first-order valence-electron chi connectivity index (χ1n) is 7.36. The van der Waals surface area contributed by atoms with Gasteiger partial charge in [-0.15, -0.1) is 0 Å². The summed E-state index contributed by atoms with van der Waals surface area (Å²) in [4.78, 5) is 20.6. The van der Waals surface area contributed by atoms with Crippen molar-refractivity contribution in [3.8, 4) is 0 Å². The molecule has 0 aliphatic heterocycles. The maximum Gasteiger partial charge on any atom is 0.270 e. The van der Waals surface area contributed by atoms with E-state index in [9.17, 15) is 4.79 Å². The average Bonchev–Trinajstić information content (AvgIpc) is 2.51. The predicted octanol–water partition coefficient (Wildman–Crippen LogP) is 4.37. The normalized spacial score (nSPS) is 10.4. The Labute approximate surface area is 145 Å². The van der Waals surface area contributed by atoms with Crippen LogP contribution in [0.2, 0.25) is 10.0 Å². The molecule has 0 aliphatic carbocycles. The summed E-state index contributed by atoms with van der Waals surface area (Å²) in [6.07, 6.45) is 1.95. The van der Waals surface area contributed by atoms with Gasteiger partial charge < -0.3 is 10.6 Å². The Balaban J connectivity index is 2.20. The molecule has 0 radical (unpaired) electrons. The van der Waals surface area contributed by atoms with Crippen LogP contribution >= 0.6 is 23.2 Å². The molecule has 0 fully saturated rings. The SMILES string of the molecule is CCCCNC(=O)c1cc(Nc2cccc(Cl)c2Cl)nc(C)n1. The van der Waals surface area contributed by atoms with Crippen molar-refractivity contribution in [2.24, 2.45) is 0 Å². The maximum absolute atomic E-state index is 12.1. The number of hydrogen-bond donors (Lipinski definition) is 2. The second-order valence-corrected chi connectivity index (χ2v) is 5.81. The highest BCUT2D eigenvalue weighted by molar-refractivity contribution is 6.43. The van der Waals surface area contributed by atoms with Crippen LogP contribution in [-0.2, 0) is 0 Å². The Morgan fingerprint density at radius 1 is 1.26 bits per heavy atom. The summed E-state index contributed by atoms with van der Waals surface area (Å²) in [5.74, 6) is 0.764. The zero-order valence-corrected chi connectivity index (χ0v) is 14.5. The molecule has 0 unspecified atom stereocenters. The second kappa shape index (κ2) is 8.13. The number of benzene rings is 1. The summed E-state index contributed by atoms with van der Waals surface area (Å²) in [5, 5.41) is 6.75. The van der Waals surface area contributed by atoms with Crippen LogP contribution in [0.15, 0.2) is 24.3 Å². The van der Waals surface area contributed by atoms with Crippen molar-refractivity contribution in [2.75, 3.05) is 11.9 Å². The highest BCUT2D eigenvalue weighted by Crippen LogP contribution is 2.31. The van der Waals surface area contributed by atoms with E-state index in [1.807, 2.05) is 0 Å². The highest BCUT2D eigenvalue weighted by atomic mass is 35.5. The van der Waals surface area contributed by atoms with E-state index in [1.54, 1.807) is 31.2 Å². The number of carbonyl (C=O) groups is 1. The van der Waals surface area contributed by atoms with Gasteiger partial charge in [0, 0.05) is 12.6 Å². The number of aromatic nitrogens is 2. The minimum absolute atomic E-state index is 0.218. The third-order valence-corrected chi connectivity index (χ3v) is 3.92. The van der Waals surface area contributed by atoms with E-state index in [2.05, 4.69) is 27.5 Å². The van der Waals surface area contributed by atoms with Gasteiger partial charge in [-0.05, 0) is 25.5 Å². The fourth-order valence-corrected chi connectivity index (χ4v) is 2.30. The maximum atomic E-state index is 12.1. The molecule has 2 rings (SSSR count). The minimum atomic E-state index is -0.218. The van der Waals surface area contributed by atoms with E-state index < -0.39 is 0 Å². The molecule has 0 saturated carbocycles. The third-order valence-electron chi connectivity index (χ3n) is 3.10. The minimum Gasteiger partial charge on any atom is -0.351 e. The number of anilines is 2. The van der Waals surface area contributed by atoms with E-state index >= 15 is 0 Å². The van der Waals surface area contributed by atoms with Crippen molar-refractivity contribution in [3.05, 3.63) is 45.8 Å². The van der Waals surface area contributed by atoms with Crippen molar-refractivity contribution >= 4 is 40.6 Å². The van der Waals surface area contributed by atoms with Crippen molar-refractivity contribution in [2.45, 2.75) is 26.7 Å². The Morgan fingerprint density at radius 2 is 2.04 bits per heavy atom. The van der Waals surface area contributed by atoms with Crippen LogP contribution in [0.3, 0.4) is 0 Å². The quantitative estimate of drug-likeness (QED) is 0.757. The molecule has 23 heavy (non-hydrogen) atoms. The lowest BCUT2D eigenvalue weighted by Gasteiger charge is -2.11. The van der Waals surface area contributed by atoms with Gasteiger partial charge in [0.1, 0.15) is 17.3 Å². The Kier molecular flexibility index (Phi) is 6.19. The fraction of sp³-hybridized carbons (Fsp3) is 0.312. The lowest BCUT2D eigenvalue weighted by Crippen LogP contribution is -2.25. The van der Waals surface area contributed by atoms with Gasteiger partial charge in [-0.2, -0.15) is 0 Å². The standard InChI is InChI=1S/C16H18Cl2N4O/c1-3-4-8-19-16(23)13-9-14(21-10(2)20-13)22-12-7-5-6-11(17)15(12)18/h5-7,9H,3-4,8H2,1-2H3,(H,19,23)(H,20,21,22).